The summed E-state index contributed by atoms with van der Waals surface area (Å²) in [5.41, 5.74) is 1.20. The highest BCUT2D eigenvalue weighted by Gasteiger charge is 2.31. The molecular weight excluding hydrogens is 462 g/mol. The van der Waals surface area contributed by atoms with E-state index < -0.39 is 0 Å². The fourth-order valence-electron chi connectivity index (χ4n) is 4.54. The number of amides is 1. The van der Waals surface area contributed by atoms with Crippen LogP contribution in [0.15, 0.2) is 46.5 Å². The SMILES string of the molecule is O=C(NC1CCN(c2ccccc2Br)C1)C1CCCN(c2ncnc3sccc23)C1. The first-order valence-electron chi connectivity index (χ1n) is 10.4. The average Bonchev–Trinajstić information content (AvgIpc) is 3.43. The molecule has 8 heteroatoms. The Morgan fingerprint density at radius 3 is 2.90 bits per heavy atom. The molecule has 1 N–H and O–H groups in total. The molecule has 0 aliphatic carbocycles. The normalized spacial score (nSPS) is 21.9. The molecule has 4 heterocycles. The molecule has 3 aromatic rings. The number of hydrogen-bond donors (Lipinski definition) is 1. The van der Waals surface area contributed by atoms with Crippen LogP contribution in [0.5, 0.6) is 0 Å². The maximum Gasteiger partial charge on any atom is 0.225 e. The second-order valence-corrected chi connectivity index (χ2v) is 9.76. The summed E-state index contributed by atoms with van der Waals surface area (Å²) >= 11 is 5.27. The summed E-state index contributed by atoms with van der Waals surface area (Å²) in [4.78, 5) is 27.5. The zero-order chi connectivity index (χ0) is 20.5. The number of rotatable bonds is 4. The van der Waals surface area contributed by atoms with Gasteiger partial charge in [0.15, 0.2) is 0 Å². The van der Waals surface area contributed by atoms with E-state index >= 15 is 0 Å². The molecule has 2 aliphatic rings. The van der Waals surface area contributed by atoms with Gasteiger partial charge in [-0.2, -0.15) is 0 Å². The zero-order valence-electron chi connectivity index (χ0n) is 16.6. The highest BCUT2D eigenvalue weighted by atomic mass is 79.9. The lowest BCUT2D eigenvalue weighted by Crippen LogP contribution is -2.47. The van der Waals surface area contributed by atoms with Crippen molar-refractivity contribution in [2.24, 2.45) is 5.92 Å². The third-order valence-corrected chi connectivity index (χ3v) is 7.55. The topological polar surface area (TPSA) is 61.4 Å². The van der Waals surface area contributed by atoms with E-state index in [1.165, 1.54) is 5.69 Å². The number of fused-ring (bicyclic) bond motifs is 1. The van der Waals surface area contributed by atoms with Crippen molar-refractivity contribution in [3.05, 3.63) is 46.5 Å². The summed E-state index contributed by atoms with van der Waals surface area (Å²) in [6.45, 7) is 3.47. The molecule has 2 aliphatic heterocycles. The van der Waals surface area contributed by atoms with Crippen molar-refractivity contribution in [1.82, 2.24) is 15.3 Å². The molecule has 5 rings (SSSR count). The number of anilines is 2. The fraction of sp³-hybridized carbons (Fsp3) is 0.409. The Bertz CT molecular complexity index is 1060. The number of carbonyl (C=O) groups excluding carboxylic acids is 1. The summed E-state index contributed by atoms with van der Waals surface area (Å²) in [5, 5.41) is 6.45. The summed E-state index contributed by atoms with van der Waals surface area (Å²) in [7, 11) is 0. The van der Waals surface area contributed by atoms with E-state index in [4.69, 9.17) is 0 Å². The maximum absolute atomic E-state index is 13.1. The lowest BCUT2D eigenvalue weighted by Gasteiger charge is -2.33. The third-order valence-electron chi connectivity index (χ3n) is 6.06. The number of para-hydroxylation sites is 1. The van der Waals surface area contributed by atoms with Crippen LogP contribution < -0.4 is 15.1 Å². The van der Waals surface area contributed by atoms with Crippen LogP contribution in [0.2, 0.25) is 0 Å². The van der Waals surface area contributed by atoms with Gasteiger partial charge in [0, 0.05) is 36.7 Å². The van der Waals surface area contributed by atoms with Crippen molar-refractivity contribution in [3.63, 3.8) is 0 Å². The minimum Gasteiger partial charge on any atom is -0.368 e. The maximum atomic E-state index is 13.1. The summed E-state index contributed by atoms with van der Waals surface area (Å²) in [6, 6.07) is 10.5. The van der Waals surface area contributed by atoms with Crippen LogP contribution in [0, 0.1) is 5.92 Å². The molecule has 0 radical (unpaired) electrons. The van der Waals surface area contributed by atoms with Gasteiger partial charge in [-0.3, -0.25) is 4.79 Å². The molecule has 6 nitrogen and oxygen atoms in total. The number of nitrogens with zero attached hydrogens (tertiary/aromatic N) is 4. The molecule has 2 atom stereocenters. The van der Waals surface area contributed by atoms with Crippen LogP contribution in [-0.2, 0) is 4.79 Å². The molecule has 2 fully saturated rings. The summed E-state index contributed by atoms with van der Waals surface area (Å²) in [5.74, 6) is 1.13. The van der Waals surface area contributed by atoms with Crippen LogP contribution >= 0.6 is 27.3 Å². The minimum atomic E-state index is -0.0000811. The van der Waals surface area contributed by atoms with Crippen molar-refractivity contribution < 1.29 is 4.79 Å². The Hall–Kier alpha value is -2.19. The van der Waals surface area contributed by atoms with Crippen LogP contribution in [0.25, 0.3) is 10.2 Å². The van der Waals surface area contributed by atoms with E-state index in [0.29, 0.717) is 6.54 Å². The standard InChI is InChI=1S/C22H24BrN5OS/c23-18-5-1-2-6-19(18)27-10-7-16(13-27)26-21(29)15-4-3-9-28(12-15)20-17-8-11-30-22(17)25-14-24-20/h1-2,5-6,8,11,14-16H,3-4,7,9-10,12-13H2,(H,26,29). The molecule has 1 aromatic carbocycles. The van der Waals surface area contributed by atoms with Gasteiger partial charge in [-0.15, -0.1) is 11.3 Å². The number of hydrogen-bond acceptors (Lipinski definition) is 6. The van der Waals surface area contributed by atoms with Crippen molar-refractivity contribution in [1.29, 1.82) is 0 Å². The summed E-state index contributed by atoms with van der Waals surface area (Å²) < 4.78 is 1.10. The molecule has 156 valence electrons. The summed E-state index contributed by atoms with van der Waals surface area (Å²) in [6.07, 6.45) is 4.54. The minimum absolute atomic E-state index is 0.0000811. The first kappa shape index (κ1) is 19.8. The van der Waals surface area contributed by atoms with Gasteiger partial charge < -0.3 is 15.1 Å². The number of carbonyl (C=O) groups is 1. The third kappa shape index (κ3) is 3.90. The van der Waals surface area contributed by atoms with Crippen LogP contribution in [0.4, 0.5) is 11.5 Å². The first-order valence-corrected chi connectivity index (χ1v) is 12.1. The van der Waals surface area contributed by atoms with Gasteiger partial charge in [0.25, 0.3) is 0 Å². The van der Waals surface area contributed by atoms with Crippen molar-refractivity contribution >= 4 is 54.9 Å². The largest absolute Gasteiger partial charge is 0.368 e. The highest BCUT2D eigenvalue weighted by Crippen LogP contribution is 2.31. The molecule has 1 amide bonds. The van der Waals surface area contributed by atoms with Crippen molar-refractivity contribution in [3.8, 4) is 0 Å². The molecule has 2 aromatic heterocycles. The lowest BCUT2D eigenvalue weighted by molar-refractivity contribution is -0.125. The van der Waals surface area contributed by atoms with E-state index in [2.05, 4.69) is 65.3 Å². The molecule has 0 bridgehead atoms. The van der Waals surface area contributed by atoms with Gasteiger partial charge in [-0.05, 0) is 58.8 Å². The molecular formula is C22H24BrN5OS. The van der Waals surface area contributed by atoms with Crippen LogP contribution in [-0.4, -0.2) is 48.1 Å². The number of benzene rings is 1. The van der Waals surface area contributed by atoms with Gasteiger partial charge in [-0.25, -0.2) is 9.97 Å². The number of piperidine rings is 1. The average molecular weight is 486 g/mol. The monoisotopic (exact) mass is 485 g/mol. The zero-order valence-corrected chi connectivity index (χ0v) is 19.0. The Morgan fingerprint density at radius 1 is 1.10 bits per heavy atom. The van der Waals surface area contributed by atoms with E-state index in [9.17, 15) is 4.79 Å². The Morgan fingerprint density at radius 2 is 2.00 bits per heavy atom. The second kappa shape index (κ2) is 8.51. The number of thiophene rings is 1. The molecule has 2 unspecified atom stereocenters. The fourth-order valence-corrected chi connectivity index (χ4v) is 5.80. The Balaban J connectivity index is 1.23. The predicted molar refractivity (Wildman–Crippen MR) is 125 cm³/mol. The van der Waals surface area contributed by atoms with Gasteiger partial charge in [-0.1, -0.05) is 12.1 Å². The number of halogens is 1. The van der Waals surface area contributed by atoms with Gasteiger partial charge in [0.1, 0.15) is 17.0 Å². The van der Waals surface area contributed by atoms with E-state index in [-0.39, 0.29) is 17.9 Å². The molecule has 30 heavy (non-hydrogen) atoms. The molecule has 0 spiro atoms. The van der Waals surface area contributed by atoms with Gasteiger partial charge >= 0.3 is 0 Å². The van der Waals surface area contributed by atoms with E-state index in [1.807, 2.05) is 11.4 Å². The predicted octanol–water partition coefficient (Wildman–Crippen LogP) is 4.07. The smallest absolute Gasteiger partial charge is 0.225 e. The second-order valence-electron chi connectivity index (χ2n) is 8.01. The highest BCUT2D eigenvalue weighted by molar-refractivity contribution is 9.10. The quantitative estimate of drug-likeness (QED) is 0.603. The van der Waals surface area contributed by atoms with Gasteiger partial charge in [0.05, 0.1) is 17.0 Å². The molecule has 0 saturated carbocycles. The van der Waals surface area contributed by atoms with Crippen LogP contribution in [0.3, 0.4) is 0 Å². The lowest BCUT2D eigenvalue weighted by atomic mass is 9.96. The van der Waals surface area contributed by atoms with E-state index in [1.54, 1.807) is 17.7 Å². The number of aromatic nitrogens is 2. The van der Waals surface area contributed by atoms with Gasteiger partial charge in [0.2, 0.25) is 5.91 Å². The molecule has 2 saturated heterocycles. The van der Waals surface area contributed by atoms with Crippen molar-refractivity contribution in [2.75, 3.05) is 36.0 Å². The van der Waals surface area contributed by atoms with E-state index in [0.717, 1.165) is 59.4 Å². The van der Waals surface area contributed by atoms with Crippen molar-refractivity contribution in [2.45, 2.75) is 25.3 Å². The Labute approximate surface area is 188 Å². The Kier molecular flexibility index (Phi) is 5.60. The number of nitrogens with one attached hydrogen (secondary N) is 1. The van der Waals surface area contributed by atoms with Crippen LogP contribution in [0.1, 0.15) is 19.3 Å². The first-order chi connectivity index (χ1) is 14.7.